The number of ether oxygens (including phenoxy) is 1. The number of aromatic nitrogens is 1. The van der Waals surface area contributed by atoms with E-state index in [1.165, 1.54) is 22.7 Å². The van der Waals surface area contributed by atoms with Crippen molar-refractivity contribution >= 4 is 46.1 Å². The van der Waals surface area contributed by atoms with Gasteiger partial charge in [-0.25, -0.2) is 9.79 Å². The summed E-state index contributed by atoms with van der Waals surface area (Å²) in [6.07, 6.45) is 1.88. The largest absolute Gasteiger partial charge is 0.463 e. The Morgan fingerprint density at radius 1 is 1.30 bits per heavy atom. The molecule has 1 aliphatic heterocycles. The van der Waals surface area contributed by atoms with Gasteiger partial charge in [-0.3, -0.25) is 9.36 Å². The number of nitrogens with zero attached hydrogens (tertiary/aromatic N) is 2. The number of carbonyl (C=O) groups is 1. The second-order valence-electron chi connectivity index (χ2n) is 5.83. The smallest absolute Gasteiger partial charge is 0.338 e. The molecule has 0 aromatic carbocycles. The number of hydrogen-bond acceptors (Lipinski definition) is 7. The molecule has 8 heteroatoms. The van der Waals surface area contributed by atoms with Gasteiger partial charge >= 0.3 is 5.97 Å². The third-order valence-electron chi connectivity index (χ3n) is 4.15. The highest BCUT2D eigenvalue weighted by atomic mass is 32.1. The van der Waals surface area contributed by atoms with Gasteiger partial charge in [0.2, 0.25) is 0 Å². The van der Waals surface area contributed by atoms with Crippen molar-refractivity contribution in [3.8, 4) is 0 Å². The van der Waals surface area contributed by atoms with Crippen molar-refractivity contribution in [2.24, 2.45) is 4.99 Å². The van der Waals surface area contributed by atoms with Gasteiger partial charge in [-0.15, -0.1) is 22.7 Å². The summed E-state index contributed by atoms with van der Waals surface area (Å²) in [7, 11) is 0. The first-order chi connectivity index (χ1) is 13.1. The van der Waals surface area contributed by atoms with Gasteiger partial charge in [0, 0.05) is 9.75 Å². The van der Waals surface area contributed by atoms with Crippen molar-refractivity contribution in [2.75, 3.05) is 6.61 Å². The zero-order valence-electron chi connectivity index (χ0n) is 14.7. The Balaban J connectivity index is 1.96. The molecule has 4 rings (SSSR count). The van der Waals surface area contributed by atoms with Gasteiger partial charge in [-0.05, 0) is 42.8 Å². The summed E-state index contributed by atoms with van der Waals surface area (Å²) >= 11 is 4.43. The molecule has 3 aromatic heterocycles. The minimum atomic E-state index is -0.509. The van der Waals surface area contributed by atoms with Crippen molar-refractivity contribution < 1.29 is 9.53 Å². The molecule has 0 saturated carbocycles. The van der Waals surface area contributed by atoms with Crippen LogP contribution < -0.4 is 14.9 Å². The SMILES string of the molecule is CCOC(=O)C1=C(C)N=c2sc(=Cc3cccs3)c(=O)n2[C@@H]1c1cccs1. The van der Waals surface area contributed by atoms with Gasteiger partial charge < -0.3 is 4.74 Å². The van der Waals surface area contributed by atoms with Crippen LogP contribution in [0.2, 0.25) is 0 Å². The van der Waals surface area contributed by atoms with Gasteiger partial charge in [0.05, 0.1) is 22.4 Å². The van der Waals surface area contributed by atoms with E-state index in [-0.39, 0.29) is 12.2 Å². The first-order valence-electron chi connectivity index (χ1n) is 8.36. The highest BCUT2D eigenvalue weighted by Crippen LogP contribution is 2.33. The number of allylic oxidation sites excluding steroid dienone is 1. The van der Waals surface area contributed by atoms with Gasteiger partial charge in [-0.2, -0.15) is 0 Å². The lowest BCUT2D eigenvalue weighted by molar-refractivity contribution is -0.139. The lowest BCUT2D eigenvalue weighted by Crippen LogP contribution is -2.39. The highest BCUT2D eigenvalue weighted by Gasteiger charge is 2.33. The van der Waals surface area contributed by atoms with E-state index in [4.69, 9.17) is 4.74 Å². The molecule has 0 spiro atoms. The lowest BCUT2D eigenvalue weighted by Gasteiger charge is -2.23. The first kappa shape index (κ1) is 18.1. The molecular formula is C19H16N2O3S3. The summed E-state index contributed by atoms with van der Waals surface area (Å²) in [6.45, 7) is 3.84. The predicted octanol–water partition coefficient (Wildman–Crippen LogP) is 2.92. The van der Waals surface area contributed by atoms with Crippen LogP contribution in [0.4, 0.5) is 0 Å². The average molecular weight is 417 g/mol. The van der Waals surface area contributed by atoms with Crippen LogP contribution in [-0.2, 0) is 9.53 Å². The fourth-order valence-electron chi connectivity index (χ4n) is 3.01. The monoisotopic (exact) mass is 416 g/mol. The fourth-order valence-corrected chi connectivity index (χ4v) is 5.60. The summed E-state index contributed by atoms with van der Waals surface area (Å²) in [4.78, 5) is 32.9. The van der Waals surface area contributed by atoms with Gasteiger partial charge in [0.25, 0.3) is 5.56 Å². The number of rotatable bonds is 4. The van der Waals surface area contributed by atoms with Gasteiger partial charge in [-0.1, -0.05) is 23.5 Å². The number of carbonyl (C=O) groups excluding carboxylic acids is 1. The molecule has 1 aliphatic rings. The first-order valence-corrected chi connectivity index (χ1v) is 10.9. The molecule has 0 saturated heterocycles. The number of fused-ring (bicyclic) bond motifs is 1. The van der Waals surface area contributed by atoms with Crippen LogP contribution in [0.25, 0.3) is 6.08 Å². The molecule has 4 heterocycles. The van der Waals surface area contributed by atoms with Crippen LogP contribution >= 0.6 is 34.0 Å². The number of thiophene rings is 2. The summed E-state index contributed by atoms with van der Waals surface area (Å²) in [5.41, 5.74) is 0.880. The Kier molecular flexibility index (Phi) is 4.94. The molecule has 0 radical (unpaired) electrons. The van der Waals surface area contributed by atoms with E-state index in [9.17, 15) is 9.59 Å². The number of thiazole rings is 1. The van der Waals surface area contributed by atoms with Crippen LogP contribution in [0.1, 0.15) is 29.6 Å². The second kappa shape index (κ2) is 7.38. The Bertz CT molecular complexity index is 1180. The van der Waals surface area contributed by atoms with Crippen LogP contribution in [0.3, 0.4) is 0 Å². The molecule has 3 aromatic rings. The van der Waals surface area contributed by atoms with Crippen LogP contribution in [-0.4, -0.2) is 17.1 Å². The van der Waals surface area contributed by atoms with E-state index in [1.54, 1.807) is 29.8 Å². The normalized spacial score (nSPS) is 17.0. The van der Waals surface area contributed by atoms with Crippen LogP contribution in [0.5, 0.6) is 0 Å². The maximum Gasteiger partial charge on any atom is 0.338 e. The van der Waals surface area contributed by atoms with Gasteiger partial charge in [0.15, 0.2) is 4.80 Å². The summed E-state index contributed by atoms with van der Waals surface area (Å²) in [5, 5.41) is 3.91. The third kappa shape index (κ3) is 3.24. The quantitative estimate of drug-likeness (QED) is 0.615. The Morgan fingerprint density at radius 3 is 2.74 bits per heavy atom. The van der Waals surface area contributed by atoms with E-state index in [0.29, 0.717) is 20.6 Å². The lowest BCUT2D eigenvalue weighted by atomic mass is 10.0. The van der Waals surface area contributed by atoms with Crippen LogP contribution in [0.15, 0.2) is 56.1 Å². The molecule has 0 bridgehead atoms. The standard InChI is InChI=1S/C19H16N2O3S3/c1-3-24-18(23)15-11(2)20-19-21(16(15)13-7-5-9-26-13)17(22)14(27-19)10-12-6-4-8-25-12/h4-10,16H,3H2,1-2H3/t16-/m1/s1. The third-order valence-corrected chi connectivity index (χ3v) is 6.87. The fraction of sp³-hybridized carbons (Fsp3) is 0.211. The van der Waals surface area contributed by atoms with Crippen molar-refractivity contribution in [2.45, 2.75) is 19.9 Å². The molecule has 0 N–H and O–H groups in total. The number of hydrogen-bond donors (Lipinski definition) is 0. The van der Waals surface area contributed by atoms with Crippen molar-refractivity contribution in [1.29, 1.82) is 0 Å². The van der Waals surface area contributed by atoms with E-state index >= 15 is 0 Å². The van der Waals surface area contributed by atoms with Crippen LogP contribution in [0, 0.1) is 0 Å². The molecule has 138 valence electrons. The molecule has 0 amide bonds. The zero-order valence-corrected chi connectivity index (χ0v) is 17.1. The summed E-state index contributed by atoms with van der Waals surface area (Å²) in [6, 6.07) is 7.26. The molecule has 27 heavy (non-hydrogen) atoms. The Morgan fingerprint density at radius 2 is 2.07 bits per heavy atom. The molecule has 5 nitrogen and oxygen atoms in total. The number of esters is 1. The van der Waals surface area contributed by atoms with Crippen molar-refractivity contribution in [3.63, 3.8) is 0 Å². The Labute approximate surface area is 167 Å². The molecular weight excluding hydrogens is 400 g/mol. The van der Waals surface area contributed by atoms with Crippen molar-refractivity contribution in [3.05, 3.63) is 75.7 Å². The molecule has 0 unspecified atom stereocenters. The maximum atomic E-state index is 13.2. The minimum Gasteiger partial charge on any atom is -0.463 e. The second-order valence-corrected chi connectivity index (χ2v) is 8.80. The topological polar surface area (TPSA) is 60.7 Å². The average Bonchev–Trinajstić information content (AvgIpc) is 3.38. The summed E-state index contributed by atoms with van der Waals surface area (Å²) < 4.78 is 7.48. The van der Waals surface area contributed by atoms with E-state index in [0.717, 1.165) is 9.75 Å². The van der Waals surface area contributed by atoms with E-state index in [2.05, 4.69) is 4.99 Å². The van der Waals surface area contributed by atoms with Crippen molar-refractivity contribution in [1.82, 2.24) is 4.57 Å². The summed E-state index contributed by atoms with van der Waals surface area (Å²) in [5.74, 6) is -0.426. The zero-order chi connectivity index (χ0) is 19.0. The molecule has 0 aliphatic carbocycles. The van der Waals surface area contributed by atoms with Gasteiger partial charge in [0.1, 0.15) is 6.04 Å². The van der Waals surface area contributed by atoms with E-state index in [1.807, 2.05) is 41.1 Å². The minimum absolute atomic E-state index is 0.139. The Hall–Kier alpha value is -2.29. The maximum absolute atomic E-state index is 13.2. The van der Waals surface area contributed by atoms with E-state index < -0.39 is 12.0 Å². The molecule has 0 fully saturated rings. The highest BCUT2D eigenvalue weighted by molar-refractivity contribution is 7.11. The molecule has 1 atom stereocenters. The predicted molar refractivity (Wildman–Crippen MR) is 109 cm³/mol.